The van der Waals surface area contributed by atoms with Gasteiger partial charge in [0.05, 0.1) is 0 Å². The molecule has 1 N–H and O–H groups in total. The Labute approximate surface area is 139 Å². The van der Waals surface area contributed by atoms with E-state index in [0.717, 1.165) is 49.2 Å². The molecule has 5 heteroatoms. The quantitative estimate of drug-likeness (QED) is 0.449. The molecule has 1 saturated carbocycles. The standard InChI is InChI=1S/C14H27N3S.HI/c1-4-15-14(16-9-12-5-6-12)17-7-8-18-13(10-17)11(2)3;/h11-13H,4-10H2,1-3H3,(H,15,16);1H. The van der Waals surface area contributed by atoms with E-state index in [1.807, 2.05) is 0 Å². The van der Waals surface area contributed by atoms with Crippen molar-refractivity contribution in [3.05, 3.63) is 0 Å². The number of aliphatic imine (C=N–C) groups is 1. The number of hydrogen-bond donors (Lipinski definition) is 1. The van der Waals surface area contributed by atoms with Crippen LogP contribution in [-0.2, 0) is 0 Å². The summed E-state index contributed by atoms with van der Waals surface area (Å²) in [7, 11) is 0. The number of rotatable bonds is 4. The molecule has 0 radical (unpaired) electrons. The predicted molar refractivity (Wildman–Crippen MR) is 96.8 cm³/mol. The molecule has 112 valence electrons. The maximum Gasteiger partial charge on any atom is 0.193 e. The molecule has 19 heavy (non-hydrogen) atoms. The van der Waals surface area contributed by atoms with Gasteiger partial charge in [-0.15, -0.1) is 24.0 Å². The third-order valence-electron chi connectivity index (χ3n) is 3.67. The fourth-order valence-corrected chi connectivity index (χ4v) is 3.51. The Morgan fingerprint density at radius 2 is 2.16 bits per heavy atom. The van der Waals surface area contributed by atoms with E-state index in [1.54, 1.807) is 0 Å². The van der Waals surface area contributed by atoms with Crippen molar-refractivity contribution >= 4 is 41.7 Å². The molecular formula is C14H28IN3S. The van der Waals surface area contributed by atoms with Crippen LogP contribution in [0, 0.1) is 11.8 Å². The number of nitrogens with one attached hydrogen (secondary N) is 1. The molecule has 1 unspecified atom stereocenters. The van der Waals surface area contributed by atoms with Crippen molar-refractivity contribution in [1.82, 2.24) is 10.2 Å². The number of nitrogens with zero attached hydrogens (tertiary/aromatic N) is 2. The average Bonchev–Trinajstić information content (AvgIpc) is 3.18. The largest absolute Gasteiger partial charge is 0.357 e. The molecule has 0 aromatic rings. The van der Waals surface area contributed by atoms with Gasteiger partial charge in [-0.3, -0.25) is 4.99 Å². The first kappa shape index (κ1) is 17.4. The summed E-state index contributed by atoms with van der Waals surface area (Å²) in [4.78, 5) is 7.28. The van der Waals surface area contributed by atoms with Crippen molar-refractivity contribution in [3.8, 4) is 0 Å². The van der Waals surface area contributed by atoms with Crippen LogP contribution >= 0.6 is 35.7 Å². The van der Waals surface area contributed by atoms with Crippen LogP contribution in [0.25, 0.3) is 0 Å². The summed E-state index contributed by atoms with van der Waals surface area (Å²) in [5.41, 5.74) is 0. The summed E-state index contributed by atoms with van der Waals surface area (Å²) in [6.45, 7) is 11.1. The van der Waals surface area contributed by atoms with E-state index in [-0.39, 0.29) is 24.0 Å². The van der Waals surface area contributed by atoms with Crippen molar-refractivity contribution in [2.75, 3.05) is 31.9 Å². The van der Waals surface area contributed by atoms with Crippen molar-refractivity contribution in [2.45, 2.75) is 38.9 Å². The van der Waals surface area contributed by atoms with Crippen LogP contribution in [0.5, 0.6) is 0 Å². The molecular weight excluding hydrogens is 369 g/mol. The smallest absolute Gasteiger partial charge is 0.193 e. The van der Waals surface area contributed by atoms with E-state index in [1.165, 1.54) is 18.6 Å². The van der Waals surface area contributed by atoms with Gasteiger partial charge in [0.15, 0.2) is 5.96 Å². The summed E-state index contributed by atoms with van der Waals surface area (Å²) >= 11 is 2.12. The lowest BCUT2D eigenvalue weighted by Gasteiger charge is -2.36. The third kappa shape index (κ3) is 5.69. The van der Waals surface area contributed by atoms with Crippen LogP contribution in [0.2, 0.25) is 0 Å². The lowest BCUT2D eigenvalue weighted by molar-refractivity contribution is 0.380. The van der Waals surface area contributed by atoms with Crippen LogP contribution in [-0.4, -0.2) is 48.0 Å². The maximum atomic E-state index is 4.82. The summed E-state index contributed by atoms with van der Waals surface area (Å²) in [5.74, 6) is 4.01. The highest BCUT2D eigenvalue weighted by molar-refractivity contribution is 14.0. The molecule has 0 spiro atoms. The van der Waals surface area contributed by atoms with Crippen LogP contribution in [0.15, 0.2) is 4.99 Å². The van der Waals surface area contributed by atoms with Crippen molar-refractivity contribution in [2.24, 2.45) is 16.8 Å². The second-order valence-corrected chi connectivity index (χ2v) is 7.08. The number of halogens is 1. The van der Waals surface area contributed by atoms with Gasteiger partial charge in [0.25, 0.3) is 0 Å². The normalized spacial score (nSPS) is 24.3. The molecule has 0 aromatic heterocycles. The van der Waals surface area contributed by atoms with E-state index in [9.17, 15) is 0 Å². The number of thioether (sulfide) groups is 1. The highest BCUT2D eigenvalue weighted by Gasteiger charge is 2.26. The van der Waals surface area contributed by atoms with E-state index in [0.29, 0.717) is 0 Å². The first-order chi connectivity index (χ1) is 8.70. The molecule has 3 nitrogen and oxygen atoms in total. The zero-order valence-electron chi connectivity index (χ0n) is 12.4. The van der Waals surface area contributed by atoms with E-state index in [2.05, 4.69) is 42.7 Å². The Balaban J connectivity index is 0.00000180. The fourth-order valence-electron chi connectivity index (χ4n) is 2.21. The van der Waals surface area contributed by atoms with Gasteiger partial charge in [0, 0.05) is 37.2 Å². The van der Waals surface area contributed by atoms with Gasteiger partial charge in [-0.2, -0.15) is 11.8 Å². The fraction of sp³-hybridized carbons (Fsp3) is 0.929. The number of hydrogen-bond acceptors (Lipinski definition) is 2. The van der Waals surface area contributed by atoms with Crippen LogP contribution in [0.1, 0.15) is 33.6 Å². The van der Waals surface area contributed by atoms with Crippen LogP contribution in [0.3, 0.4) is 0 Å². The Kier molecular flexibility index (Phi) is 7.87. The molecule has 1 saturated heterocycles. The Bertz CT molecular complexity index is 292. The minimum atomic E-state index is 0. The molecule has 2 fully saturated rings. The van der Waals surface area contributed by atoms with Crippen LogP contribution in [0.4, 0.5) is 0 Å². The van der Waals surface area contributed by atoms with Gasteiger partial charge < -0.3 is 10.2 Å². The number of guanidine groups is 1. The summed E-state index contributed by atoms with van der Waals surface area (Å²) in [5, 5.41) is 4.21. The summed E-state index contributed by atoms with van der Waals surface area (Å²) < 4.78 is 0. The zero-order chi connectivity index (χ0) is 13.0. The van der Waals surface area contributed by atoms with Gasteiger partial charge in [-0.25, -0.2) is 0 Å². The minimum Gasteiger partial charge on any atom is -0.357 e. The van der Waals surface area contributed by atoms with Gasteiger partial charge in [0.1, 0.15) is 0 Å². The Morgan fingerprint density at radius 3 is 2.74 bits per heavy atom. The van der Waals surface area contributed by atoms with Crippen molar-refractivity contribution in [1.29, 1.82) is 0 Å². The molecule has 1 atom stereocenters. The van der Waals surface area contributed by atoms with E-state index < -0.39 is 0 Å². The molecule has 0 aromatic carbocycles. The highest BCUT2D eigenvalue weighted by Crippen LogP contribution is 2.29. The molecule has 1 heterocycles. The summed E-state index contributed by atoms with van der Waals surface area (Å²) in [6.07, 6.45) is 2.76. The Morgan fingerprint density at radius 1 is 1.42 bits per heavy atom. The van der Waals surface area contributed by atoms with E-state index in [4.69, 9.17) is 4.99 Å². The lowest BCUT2D eigenvalue weighted by Crippen LogP contribution is -2.49. The van der Waals surface area contributed by atoms with Crippen molar-refractivity contribution in [3.63, 3.8) is 0 Å². The topological polar surface area (TPSA) is 27.6 Å². The van der Waals surface area contributed by atoms with Gasteiger partial charge >= 0.3 is 0 Å². The molecule has 1 aliphatic heterocycles. The van der Waals surface area contributed by atoms with Crippen molar-refractivity contribution < 1.29 is 0 Å². The van der Waals surface area contributed by atoms with Gasteiger partial charge in [-0.05, 0) is 31.6 Å². The van der Waals surface area contributed by atoms with Crippen LogP contribution < -0.4 is 5.32 Å². The zero-order valence-corrected chi connectivity index (χ0v) is 15.5. The summed E-state index contributed by atoms with van der Waals surface area (Å²) in [6, 6.07) is 0. The second kappa shape index (κ2) is 8.60. The predicted octanol–water partition coefficient (Wildman–Crippen LogP) is 3.05. The SMILES string of the molecule is CCNC(=NCC1CC1)N1CCSC(C(C)C)C1.I. The first-order valence-electron chi connectivity index (χ1n) is 7.35. The molecule has 1 aliphatic carbocycles. The third-order valence-corrected chi connectivity index (χ3v) is 5.21. The molecule has 0 amide bonds. The van der Waals surface area contributed by atoms with Gasteiger partial charge in [-0.1, -0.05) is 13.8 Å². The average molecular weight is 397 g/mol. The van der Waals surface area contributed by atoms with Gasteiger partial charge in [0.2, 0.25) is 0 Å². The first-order valence-corrected chi connectivity index (χ1v) is 8.40. The molecule has 2 aliphatic rings. The monoisotopic (exact) mass is 397 g/mol. The molecule has 2 rings (SSSR count). The minimum absolute atomic E-state index is 0. The lowest BCUT2D eigenvalue weighted by atomic mass is 10.1. The second-order valence-electron chi connectivity index (χ2n) is 5.74. The highest BCUT2D eigenvalue weighted by atomic mass is 127. The van der Waals surface area contributed by atoms with E-state index >= 15 is 0 Å². The maximum absolute atomic E-state index is 4.82. The molecule has 0 bridgehead atoms. The Hall–Kier alpha value is 0.350.